The molecule has 2 aromatic carbocycles. The van der Waals surface area contributed by atoms with Crippen LogP contribution in [-0.2, 0) is 16.7 Å². The zero-order valence-electron chi connectivity index (χ0n) is 14.3. The van der Waals surface area contributed by atoms with E-state index in [1.165, 1.54) is 6.07 Å². The van der Waals surface area contributed by atoms with Gasteiger partial charge in [-0.15, -0.1) is 0 Å². The molecule has 1 aromatic heterocycles. The molecular formula is C18H12F3N3O3S. The molecule has 0 saturated heterocycles. The zero-order valence-corrected chi connectivity index (χ0v) is 15.1. The first-order chi connectivity index (χ1) is 13.2. The molecule has 0 unspecified atom stereocenters. The molecule has 0 aliphatic rings. The van der Waals surface area contributed by atoms with Gasteiger partial charge in [-0.1, -0.05) is 17.3 Å². The monoisotopic (exact) mass is 407 g/mol. The fourth-order valence-electron chi connectivity index (χ4n) is 2.78. The van der Waals surface area contributed by atoms with Crippen molar-refractivity contribution in [1.82, 2.24) is 5.16 Å². The minimum Gasteiger partial charge on any atom is -0.357 e. The first kappa shape index (κ1) is 19.6. The molecule has 10 heteroatoms. The molecule has 0 amide bonds. The third-order valence-electron chi connectivity index (χ3n) is 4.09. The first-order valence-corrected chi connectivity index (χ1v) is 9.29. The van der Waals surface area contributed by atoms with Crippen LogP contribution in [0, 0.1) is 29.9 Å². The Kier molecular flexibility index (Phi) is 4.97. The Morgan fingerprint density at radius 2 is 1.82 bits per heavy atom. The molecule has 0 aliphatic carbocycles. The van der Waals surface area contributed by atoms with Crippen LogP contribution in [0.25, 0.3) is 22.4 Å². The lowest BCUT2D eigenvalue weighted by Crippen LogP contribution is -2.16. The number of alkyl halides is 1. The highest BCUT2D eigenvalue weighted by molar-refractivity contribution is 7.89. The van der Waals surface area contributed by atoms with Gasteiger partial charge in [0.25, 0.3) is 0 Å². The standard InChI is InChI=1S/C18H12F3N3O3S/c1-9-2-3-10(4-12(9)8-22)17-16(15(7-19)27-24-17)11-5-13(20)18(14(21)6-11)28(23,25)26/h2-6H,7H2,1H3,(H2,23,25,26). The number of sulfonamides is 1. The summed E-state index contributed by atoms with van der Waals surface area (Å²) in [5.41, 5.74) is 1.18. The number of nitriles is 1. The molecule has 28 heavy (non-hydrogen) atoms. The van der Waals surface area contributed by atoms with Gasteiger partial charge in [0.05, 0.1) is 17.2 Å². The van der Waals surface area contributed by atoms with Gasteiger partial charge >= 0.3 is 0 Å². The molecule has 3 aromatic rings. The molecule has 1 heterocycles. The van der Waals surface area contributed by atoms with Gasteiger partial charge in [-0.25, -0.2) is 26.7 Å². The molecule has 6 nitrogen and oxygen atoms in total. The molecule has 0 spiro atoms. The highest BCUT2D eigenvalue weighted by Crippen LogP contribution is 2.37. The molecule has 0 bridgehead atoms. The molecule has 144 valence electrons. The Morgan fingerprint density at radius 1 is 1.18 bits per heavy atom. The van der Waals surface area contributed by atoms with E-state index in [1.807, 2.05) is 6.07 Å². The summed E-state index contributed by atoms with van der Waals surface area (Å²) < 4.78 is 69.6. The van der Waals surface area contributed by atoms with E-state index >= 15 is 0 Å². The quantitative estimate of drug-likeness (QED) is 0.711. The van der Waals surface area contributed by atoms with E-state index < -0.39 is 33.2 Å². The number of aromatic nitrogens is 1. The van der Waals surface area contributed by atoms with Gasteiger partial charge in [-0.2, -0.15) is 5.26 Å². The molecule has 3 rings (SSSR count). The maximum atomic E-state index is 14.3. The van der Waals surface area contributed by atoms with Crippen LogP contribution in [-0.4, -0.2) is 13.6 Å². The summed E-state index contributed by atoms with van der Waals surface area (Å²) in [6, 6.07) is 8.10. The normalized spacial score (nSPS) is 11.4. The Bertz CT molecular complexity index is 1210. The van der Waals surface area contributed by atoms with Crippen molar-refractivity contribution >= 4 is 10.0 Å². The second kappa shape index (κ2) is 7.10. The van der Waals surface area contributed by atoms with Crippen molar-refractivity contribution in [1.29, 1.82) is 5.26 Å². The average molecular weight is 407 g/mol. The lowest BCUT2D eigenvalue weighted by molar-refractivity contribution is 0.332. The van der Waals surface area contributed by atoms with Gasteiger partial charge in [0.1, 0.15) is 17.3 Å². The van der Waals surface area contributed by atoms with E-state index in [2.05, 4.69) is 5.16 Å². The van der Waals surface area contributed by atoms with Gasteiger partial charge < -0.3 is 4.52 Å². The predicted octanol–water partition coefficient (Wildman–Crippen LogP) is 3.58. The number of nitrogens with two attached hydrogens (primary N) is 1. The summed E-state index contributed by atoms with van der Waals surface area (Å²) >= 11 is 0. The SMILES string of the molecule is Cc1ccc(-c2noc(CF)c2-c2cc(F)c(S(N)(=O)=O)c(F)c2)cc1C#N. The van der Waals surface area contributed by atoms with E-state index in [-0.39, 0.29) is 22.6 Å². The number of hydrogen-bond acceptors (Lipinski definition) is 5. The number of aryl methyl sites for hydroxylation is 1. The fraction of sp³-hybridized carbons (Fsp3) is 0.111. The highest BCUT2D eigenvalue weighted by Gasteiger charge is 2.26. The highest BCUT2D eigenvalue weighted by atomic mass is 32.2. The molecule has 0 atom stereocenters. The molecule has 0 saturated carbocycles. The second-order valence-electron chi connectivity index (χ2n) is 5.92. The van der Waals surface area contributed by atoms with E-state index in [0.29, 0.717) is 28.8 Å². The van der Waals surface area contributed by atoms with Crippen LogP contribution in [0.1, 0.15) is 16.9 Å². The van der Waals surface area contributed by atoms with Gasteiger partial charge in [0.2, 0.25) is 10.0 Å². The number of primary sulfonamides is 1. The van der Waals surface area contributed by atoms with E-state index in [0.717, 1.165) is 0 Å². The van der Waals surface area contributed by atoms with Crippen LogP contribution in [0.2, 0.25) is 0 Å². The summed E-state index contributed by atoms with van der Waals surface area (Å²) in [4.78, 5) is -1.29. The maximum absolute atomic E-state index is 14.3. The summed E-state index contributed by atoms with van der Waals surface area (Å²) in [6.45, 7) is 0.593. The van der Waals surface area contributed by atoms with Crippen LogP contribution >= 0.6 is 0 Å². The van der Waals surface area contributed by atoms with Gasteiger partial charge in [0, 0.05) is 5.56 Å². The first-order valence-electron chi connectivity index (χ1n) is 7.75. The Balaban J connectivity index is 2.27. The third-order valence-corrected chi connectivity index (χ3v) is 5.05. The van der Waals surface area contributed by atoms with Crippen LogP contribution in [0.15, 0.2) is 39.8 Å². The Labute approximate surface area is 158 Å². The number of halogens is 3. The minimum absolute atomic E-state index is 0.0475. The number of nitrogens with zero attached hydrogens (tertiary/aromatic N) is 2. The molecule has 2 N–H and O–H groups in total. The smallest absolute Gasteiger partial charge is 0.243 e. The van der Waals surface area contributed by atoms with Crippen molar-refractivity contribution in [2.45, 2.75) is 18.5 Å². The van der Waals surface area contributed by atoms with E-state index in [4.69, 9.17) is 9.66 Å². The number of hydrogen-bond donors (Lipinski definition) is 1. The van der Waals surface area contributed by atoms with Crippen molar-refractivity contribution in [3.8, 4) is 28.5 Å². The maximum Gasteiger partial charge on any atom is 0.243 e. The third kappa shape index (κ3) is 3.37. The van der Waals surface area contributed by atoms with Gasteiger partial charge in [-0.05, 0) is 36.2 Å². The molecule has 0 aliphatic heterocycles. The second-order valence-corrected chi connectivity index (χ2v) is 7.42. The average Bonchev–Trinajstić information content (AvgIpc) is 3.04. The van der Waals surface area contributed by atoms with Crippen molar-refractivity contribution < 1.29 is 26.1 Å². The van der Waals surface area contributed by atoms with Crippen molar-refractivity contribution in [3.63, 3.8) is 0 Å². The minimum atomic E-state index is -4.64. The molecular weight excluding hydrogens is 395 g/mol. The Hall–Kier alpha value is -3.16. The van der Waals surface area contributed by atoms with Gasteiger partial charge in [0.15, 0.2) is 17.3 Å². The zero-order chi connectivity index (χ0) is 20.6. The van der Waals surface area contributed by atoms with Crippen molar-refractivity contribution in [2.24, 2.45) is 5.14 Å². The number of benzene rings is 2. The van der Waals surface area contributed by atoms with Crippen molar-refractivity contribution in [2.75, 3.05) is 0 Å². The van der Waals surface area contributed by atoms with E-state index in [1.54, 1.807) is 19.1 Å². The fourth-order valence-corrected chi connectivity index (χ4v) is 3.44. The largest absolute Gasteiger partial charge is 0.357 e. The van der Waals surface area contributed by atoms with Gasteiger partial charge in [-0.3, -0.25) is 0 Å². The van der Waals surface area contributed by atoms with Crippen molar-refractivity contribution in [3.05, 3.63) is 58.9 Å². The lowest BCUT2D eigenvalue weighted by atomic mass is 9.97. The topological polar surface area (TPSA) is 110 Å². The van der Waals surface area contributed by atoms with Crippen LogP contribution in [0.5, 0.6) is 0 Å². The lowest BCUT2D eigenvalue weighted by Gasteiger charge is -2.08. The Morgan fingerprint density at radius 3 is 2.36 bits per heavy atom. The summed E-state index contributed by atoms with van der Waals surface area (Å²) in [5.74, 6) is -3.18. The van der Waals surface area contributed by atoms with E-state index in [9.17, 15) is 26.9 Å². The van der Waals surface area contributed by atoms with Crippen LogP contribution < -0.4 is 5.14 Å². The molecule has 0 fully saturated rings. The van der Waals surface area contributed by atoms with Crippen LogP contribution in [0.4, 0.5) is 13.2 Å². The molecule has 0 radical (unpaired) electrons. The summed E-state index contributed by atoms with van der Waals surface area (Å²) in [6.07, 6.45) is 0. The number of rotatable bonds is 4. The predicted molar refractivity (Wildman–Crippen MR) is 92.9 cm³/mol. The summed E-state index contributed by atoms with van der Waals surface area (Å²) in [5, 5.41) is 17.8. The van der Waals surface area contributed by atoms with Crippen LogP contribution in [0.3, 0.4) is 0 Å². The summed E-state index contributed by atoms with van der Waals surface area (Å²) in [7, 11) is -4.64.